The Morgan fingerprint density at radius 2 is 0.347 bits per heavy atom. The molecule has 0 atom stereocenters. The normalized spacial score (nSPS) is 15.5. The van der Waals surface area contributed by atoms with E-state index in [4.69, 9.17) is 46.4 Å². The lowest BCUT2D eigenvalue weighted by Gasteiger charge is -2.63. The zero-order chi connectivity index (χ0) is 49.0. The summed E-state index contributed by atoms with van der Waals surface area (Å²) in [5.74, 6) is 0. The van der Waals surface area contributed by atoms with Crippen molar-refractivity contribution in [2.75, 3.05) is 0 Å². The molecule has 0 N–H and O–H groups in total. The molecule has 13 rings (SSSR count). The fourth-order valence-electron chi connectivity index (χ4n) is 14.0. The minimum atomic E-state index is -0.892. The summed E-state index contributed by atoms with van der Waals surface area (Å²) in [6.45, 7) is 4.34. The summed E-state index contributed by atoms with van der Waals surface area (Å²) in [6.07, 6.45) is 0. The molecule has 11 aromatic rings. The molecular formula is C68H46Cl4. The van der Waals surface area contributed by atoms with Crippen LogP contribution in [0.2, 0.25) is 20.1 Å². The smallest absolute Gasteiger partial charge is 0.0648 e. The fourth-order valence-corrected chi connectivity index (χ4v) is 15.8. The van der Waals surface area contributed by atoms with Gasteiger partial charge in [-0.3, -0.25) is 0 Å². The molecule has 0 spiro atoms. The van der Waals surface area contributed by atoms with Gasteiger partial charge in [0, 0.05) is 21.5 Å². The molecule has 2 aliphatic carbocycles. The lowest BCUT2D eigenvalue weighted by molar-refractivity contribution is 0.353. The first-order valence-corrected chi connectivity index (χ1v) is 26.1. The Balaban J connectivity index is 1.29. The lowest BCUT2D eigenvalue weighted by Crippen LogP contribution is -2.61. The summed E-state index contributed by atoms with van der Waals surface area (Å²) >= 11 is 34.0. The molecule has 0 aliphatic heterocycles. The highest BCUT2D eigenvalue weighted by molar-refractivity contribution is 6.50. The van der Waals surface area contributed by atoms with Crippen molar-refractivity contribution in [3.05, 3.63) is 341 Å². The van der Waals surface area contributed by atoms with E-state index in [0.29, 0.717) is 20.1 Å². The van der Waals surface area contributed by atoms with E-state index in [9.17, 15) is 0 Å². The van der Waals surface area contributed by atoms with E-state index in [-0.39, 0.29) is 0 Å². The molecule has 346 valence electrons. The molecule has 0 saturated carbocycles. The van der Waals surface area contributed by atoms with Gasteiger partial charge in [0.15, 0.2) is 0 Å². The number of rotatable bonds is 8. The molecule has 0 bridgehead atoms. The lowest BCUT2D eigenvalue weighted by atomic mass is 9.37. The topological polar surface area (TPSA) is 0 Å². The molecule has 0 saturated heterocycles. The Bertz CT molecular complexity index is 3460. The van der Waals surface area contributed by atoms with Crippen molar-refractivity contribution in [1.29, 1.82) is 0 Å². The summed E-state index contributed by atoms with van der Waals surface area (Å²) in [5.41, 5.74) is 11.2. The third kappa shape index (κ3) is 5.46. The maximum Gasteiger partial charge on any atom is 0.0648 e. The molecular weight excluding hydrogens is 959 g/mol. The third-order valence-corrected chi connectivity index (χ3v) is 18.1. The van der Waals surface area contributed by atoms with E-state index in [0.717, 1.165) is 99.4 Å². The first-order valence-electron chi connectivity index (χ1n) is 24.5. The number of hydrogen-bond acceptors (Lipinski definition) is 0. The number of halogens is 4. The van der Waals surface area contributed by atoms with E-state index < -0.39 is 21.7 Å². The van der Waals surface area contributed by atoms with Crippen molar-refractivity contribution in [2.45, 2.75) is 35.5 Å². The standard InChI is InChI=1S/C68H46Cl4/c1-43-44(2)54-56(64(72)60-58(62(54)70)66(47-31-15-5-16-32-47,48-33-17-6-18-34-48)68(60,51-39-23-9-24-40-51)52-41-25-10-26-42-52)55-53(43)61(69)57-59(63(55)71)67(49-35-19-7-20-36-49,50-37-21-8-22-38-50)65(57,45-27-11-3-12-28-45)46-29-13-4-14-30-46/h3-42H,1-2H3. The van der Waals surface area contributed by atoms with Crippen molar-refractivity contribution >= 4 is 67.9 Å². The van der Waals surface area contributed by atoms with Gasteiger partial charge in [-0.1, -0.05) is 289 Å². The predicted molar refractivity (Wildman–Crippen MR) is 302 cm³/mol. The zero-order valence-corrected chi connectivity index (χ0v) is 42.6. The maximum atomic E-state index is 8.57. The number of fused-ring (bicyclic) bond motifs is 5. The summed E-state index contributed by atoms with van der Waals surface area (Å²) < 4.78 is 0. The van der Waals surface area contributed by atoms with Crippen LogP contribution in [-0.4, -0.2) is 0 Å². The Morgan fingerprint density at radius 3 is 0.500 bits per heavy atom. The molecule has 0 fully saturated rings. The molecule has 0 radical (unpaired) electrons. The van der Waals surface area contributed by atoms with E-state index in [1.165, 1.54) is 0 Å². The van der Waals surface area contributed by atoms with Crippen molar-refractivity contribution in [3.8, 4) is 0 Å². The van der Waals surface area contributed by atoms with Crippen LogP contribution in [0.15, 0.2) is 243 Å². The van der Waals surface area contributed by atoms with Crippen LogP contribution in [0.3, 0.4) is 0 Å². The van der Waals surface area contributed by atoms with E-state index in [1.807, 2.05) is 0 Å². The number of benzene rings is 11. The van der Waals surface area contributed by atoms with Crippen LogP contribution in [0.1, 0.15) is 77.9 Å². The molecule has 2 aliphatic rings. The van der Waals surface area contributed by atoms with Crippen LogP contribution in [0.25, 0.3) is 21.5 Å². The molecule has 0 aromatic heterocycles. The average molecular weight is 1000 g/mol. The largest absolute Gasteiger partial charge is 0.0833 e. The minimum Gasteiger partial charge on any atom is -0.0833 e. The molecule has 0 unspecified atom stereocenters. The molecule has 0 heterocycles. The van der Waals surface area contributed by atoms with Crippen molar-refractivity contribution in [1.82, 2.24) is 0 Å². The highest BCUT2D eigenvalue weighted by Crippen LogP contribution is 2.75. The molecule has 72 heavy (non-hydrogen) atoms. The van der Waals surface area contributed by atoms with Gasteiger partial charge in [-0.25, -0.2) is 0 Å². The Labute approximate surface area is 441 Å². The maximum absolute atomic E-state index is 8.57. The van der Waals surface area contributed by atoms with Crippen molar-refractivity contribution in [3.63, 3.8) is 0 Å². The monoisotopic (exact) mass is 1000 g/mol. The van der Waals surface area contributed by atoms with Crippen LogP contribution in [-0.2, 0) is 21.7 Å². The van der Waals surface area contributed by atoms with Crippen LogP contribution in [0, 0.1) is 13.8 Å². The van der Waals surface area contributed by atoms with Gasteiger partial charge in [0.1, 0.15) is 0 Å². The van der Waals surface area contributed by atoms with Crippen molar-refractivity contribution < 1.29 is 0 Å². The van der Waals surface area contributed by atoms with Gasteiger partial charge in [0.05, 0.1) is 41.8 Å². The van der Waals surface area contributed by atoms with Gasteiger partial charge in [-0.15, -0.1) is 0 Å². The van der Waals surface area contributed by atoms with Crippen molar-refractivity contribution in [2.24, 2.45) is 0 Å². The average Bonchev–Trinajstić information content (AvgIpc) is 3.43. The third-order valence-electron chi connectivity index (χ3n) is 16.6. The second kappa shape index (κ2) is 16.8. The van der Waals surface area contributed by atoms with Crippen LogP contribution < -0.4 is 0 Å². The number of aryl methyl sites for hydroxylation is 2. The summed E-state index contributed by atoms with van der Waals surface area (Å²) in [7, 11) is 0. The number of hydrogen-bond donors (Lipinski definition) is 0. The van der Waals surface area contributed by atoms with Crippen LogP contribution in [0.4, 0.5) is 0 Å². The molecule has 4 heteroatoms. The Morgan fingerprint density at radius 1 is 0.208 bits per heavy atom. The zero-order valence-electron chi connectivity index (χ0n) is 39.6. The Kier molecular flexibility index (Phi) is 10.5. The van der Waals surface area contributed by atoms with Gasteiger partial charge in [-0.05, 0) is 91.7 Å². The first-order chi connectivity index (χ1) is 35.3. The first kappa shape index (κ1) is 45.0. The van der Waals surface area contributed by atoms with E-state index in [2.05, 4.69) is 257 Å². The Hall–Kier alpha value is -6.90. The minimum absolute atomic E-state index is 0.604. The highest BCUT2D eigenvalue weighted by Gasteiger charge is 2.70. The summed E-state index contributed by atoms with van der Waals surface area (Å²) in [6, 6.07) is 86.7. The second-order valence-electron chi connectivity index (χ2n) is 19.4. The van der Waals surface area contributed by atoms with Gasteiger partial charge in [-0.2, -0.15) is 0 Å². The molecule has 0 amide bonds. The fraction of sp³-hybridized carbons (Fsp3) is 0.0882. The summed E-state index contributed by atoms with van der Waals surface area (Å²) in [4.78, 5) is 0. The quantitative estimate of drug-likeness (QED) is 0.133. The highest BCUT2D eigenvalue weighted by atomic mass is 35.5. The van der Waals surface area contributed by atoms with Gasteiger partial charge in [0.25, 0.3) is 0 Å². The van der Waals surface area contributed by atoms with E-state index >= 15 is 0 Å². The predicted octanol–water partition coefficient (Wildman–Crippen LogP) is 18.6. The molecule has 11 aromatic carbocycles. The van der Waals surface area contributed by atoms with E-state index in [1.54, 1.807) is 0 Å². The van der Waals surface area contributed by atoms with Crippen LogP contribution in [0.5, 0.6) is 0 Å². The second-order valence-corrected chi connectivity index (χ2v) is 20.9. The van der Waals surface area contributed by atoms with Gasteiger partial charge >= 0.3 is 0 Å². The van der Waals surface area contributed by atoms with Crippen LogP contribution >= 0.6 is 46.4 Å². The van der Waals surface area contributed by atoms with Gasteiger partial charge in [0.2, 0.25) is 0 Å². The van der Waals surface area contributed by atoms with Gasteiger partial charge < -0.3 is 0 Å². The SMILES string of the molecule is Cc1c(C)c2c(Cl)c3c(c(Cl)c2c2c(Cl)c4c(c(Cl)c12)C(c1ccccc1)(c1ccccc1)C4(c1ccccc1)c1ccccc1)C(c1ccccc1)(c1ccccc1)C3(c1ccccc1)c1ccccc1. The molecule has 0 nitrogen and oxygen atoms in total. The summed E-state index contributed by atoms with van der Waals surface area (Å²) in [5, 5.41) is 5.85.